The Morgan fingerprint density at radius 2 is 1.47 bits per heavy atom. The van der Waals surface area contributed by atoms with Gasteiger partial charge in [-0.15, -0.1) is 11.3 Å². The molecule has 0 saturated heterocycles. The number of hydrogen-bond donors (Lipinski definition) is 0. The van der Waals surface area contributed by atoms with Crippen molar-refractivity contribution in [2.45, 2.75) is 39.5 Å². The van der Waals surface area contributed by atoms with Gasteiger partial charge >= 0.3 is 0 Å². The summed E-state index contributed by atoms with van der Waals surface area (Å²) in [6, 6.07) is 13.4. The van der Waals surface area contributed by atoms with Crippen molar-refractivity contribution in [2.24, 2.45) is 0 Å². The summed E-state index contributed by atoms with van der Waals surface area (Å²) < 4.78 is 1.44. The minimum absolute atomic E-state index is 0.590. The number of hydrogen-bond acceptors (Lipinski definition) is 1. The molecule has 0 aliphatic heterocycles. The Labute approximate surface area is 119 Å². The normalized spacial score (nSPS) is 12.1. The number of fused-ring (bicyclic) bond motifs is 2. The SMILES string of the molecule is CC(C)c1sc2cc3ccccc3cc2c1C(C)C. The molecule has 0 aliphatic rings. The molecule has 0 bridgehead atoms. The van der Waals surface area contributed by atoms with Gasteiger partial charge in [-0.2, -0.15) is 0 Å². The number of rotatable bonds is 2. The number of thiophene rings is 1. The van der Waals surface area contributed by atoms with E-state index in [0.717, 1.165) is 0 Å². The average molecular weight is 268 g/mol. The zero-order valence-electron chi connectivity index (χ0n) is 12.0. The predicted octanol–water partition coefficient (Wildman–Crippen LogP) is 6.30. The summed E-state index contributed by atoms with van der Waals surface area (Å²) in [6.07, 6.45) is 0. The van der Waals surface area contributed by atoms with E-state index in [9.17, 15) is 0 Å². The van der Waals surface area contributed by atoms with E-state index in [0.29, 0.717) is 11.8 Å². The third kappa shape index (κ3) is 2.06. The molecule has 98 valence electrons. The van der Waals surface area contributed by atoms with Crippen molar-refractivity contribution in [3.05, 3.63) is 46.8 Å². The summed E-state index contributed by atoms with van der Waals surface area (Å²) in [4.78, 5) is 1.56. The fraction of sp³-hybridized carbons (Fsp3) is 0.333. The van der Waals surface area contributed by atoms with Crippen LogP contribution in [-0.4, -0.2) is 0 Å². The van der Waals surface area contributed by atoms with Crippen molar-refractivity contribution < 1.29 is 0 Å². The van der Waals surface area contributed by atoms with Crippen molar-refractivity contribution in [3.63, 3.8) is 0 Å². The first kappa shape index (κ1) is 12.7. The first-order chi connectivity index (χ1) is 9.08. The summed E-state index contributed by atoms with van der Waals surface area (Å²) >= 11 is 1.98. The van der Waals surface area contributed by atoms with Gasteiger partial charge in [0.1, 0.15) is 0 Å². The van der Waals surface area contributed by atoms with Crippen LogP contribution in [0.3, 0.4) is 0 Å². The molecule has 0 saturated carbocycles. The maximum Gasteiger partial charge on any atom is 0.0355 e. The summed E-state index contributed by atoms with van der Waals surface area (Å²) in [6.45, 7) is 9.22. The molecule has 0 fully saturated rings. The fourth-order valence-corrected chi connectivity index (χ4v) is 4.24. The van der Waals surface area contributed by atoms with Gasteiger partial charge in [0.05, 0.1) is 0 Å². The first-order valence-corrected chi connectivity index (χ1v) is 7.84. The molecule has 0 atom stereocenters. The molecular formula is C18H20S. The molecule has 1 heterocycles. The van der Waals surface area contributed by atoms with Crippen LogP contribution in [0.5, 0.6) is 0 Å². The summed E-state index contributed by atoms with van der Waals surface area (Å²) in [5, 5.41) is 4.16. The number of benzene rings is 2. The largest absolute Gasteiger partial charge is 0.140 e. The van der Waals surface area contributed by atoms with Crippen LogP contribution in [0.4, 0.5) is 0 Å². The Bertz CT molecular complexity index is 732. The third-order valence-electron chi connectivity index (χ3n) is 3.73. The molecule has 2 aromatic carbocycles. The highest BCUT2D eigenvalue weighted by Crippen LogP contribution is 2.41. The van der Waals surface area contributed by atoms with Gasteiger partial charge in [0.2, 0.25) is 0 Å². The second-order valence-electron chi connectivity index (χ2n) is 5.88. The van der Waals surface area contributed by atoms with Gasteiger partial charge in [0.15, 0.2) is 0 Å². The van der Waals surface area contributed by atoms with E-state index in [1.807, 2.05) is 11.3 Å². The Kier molecular flexibility index (Phi) is 3.10. The van der Waals surface area contributed by atoms with E-state index in [2.05, 4.69) is 64.1 Å². The van der Waals surface area contributed by atoms with Gasteiger partial charge in [0.25, 0.3) is 0 Å². The molecule has 0 N–H and O–H groups in total. The lowest BCUT2D eigenvalue weighted by Crippen LogP contribution is -1.93. The second kappa shape index (κ2) is 4.64. The predicted molar refractivity (Wildman–Crippen MR) is 87.5 cm³/mol. The molecule has 0 aliphatic carbocycles. The van der Waals surface area contributed by atoms with Crippen molar-refractivity contribution in [1.82, 2.24) is 0 Å². The van der Waals surface area contributed by atoms with Crippen LogP contribution < -0.4 is 0 Å². The Hall–Kier alpha value is -1.34. The zero-order valence-corrected chi connectivity index (χ0v) is 12.8. The maximum absolute atomic E-state index is 2.38. The standard InChI is InChI=1S/C18H20S/c1-11(2)17-15-9-13-7-5-6-8-14(13)10-16(15)19-18(17)12(3)4/h5-12H,1-4H3. The molecule has 1 aromatic heterocycles. The van der Waals surface area contributed by atoms with Crippen LogP contribution in [0.15, 0.2) is 36.4 Å². The van der Waals surface area contributed by atoms with E-state index in [1.54, 1.807) is 10.4 Å². The van der Waals surface area contributed by atoms with Gasteiger partial charge in [-0.25, -0.2) is 0 Å². The molecular weight excluding hydrogens is 248 g/mol. The zero-order chi connectivity index (χ0) is 13.6. The van der Waals surface area contributed by atoms with Gasteiger partial charge in [-0.1, -0.05) is 52.0 Å². The van der Waals surface area contributed by atoms with Crippen molar-refractivity contribution in [1.29, 1.82) is 0 Å². The molecule has 0 unspecified atom stereocenters. The van der Waals surface area contributed by atoms with Crippen LogP contribution in [0.2, 0.25) is 0 Å². The highest BCUT2D eigenvalue weighted by Gasteiger charge is 2.17. The first-order valence-electron chi connectivity index (χ1n) is 7.03. The van der Waals surface area contributed by atoms with Crippen LogP contribution in [-0.2, 0) is 0 Å². The van der Waals surface area contributed by atoms with Crippen molar-refractivity contribution >= 4 is 32.2 Å². The molecule has 19 heavy (non-hydrogen) atoms. The maximum atomic E-state index is 2.38. The van der Waals surface area contributed by atoms with Gasteiger partial charge in [-0.05, 0) is 45.7 Å². The van der Waals surface area contributed by atoms with E-state index in [4.69, 9.17) is 0 Å². The Morgan fingerprint density at radius 3 is 2.05 bits per heavy atom. The van der Waals surface area contributed by atoms with E-state index >= 15 is 0 Å². The lowest BCUT2D eigenvalue weighted by Gasteiger charge is -2.10. The Morgan fingerprint density at radius 1 is 0.842 bits per heavy atom. The highest BCUT2D eigenvalue weighted by molar-refractivity contribution is 7.19. The molecule has 3 rings (SSSR count). The van der Waals surface area contributed by atoms with Gasteiger partial charge in [-0.3, -0.25) is 0 Å². The van der Waals surface area contributed by atoms with E-state index in [1.165, 1.54) is 20.9 Å². The van der Waals surface area contributed by atoms with Gasteiger partial charge < -0.3 is 0 Å². The topological polar surface area (TPSA) is 0 Å². The van der Waals surface area contributed by atoms with E-state index in [-0.39, 0.29) is 0 Å². The molecule has 1 heteroatoms. The Balaban J connectivity index is 2.40. The minimum Gasteiger partial charge on any atom is -0.140 e. The molecule has 0 spiro atoms. The lowest BCUT2D eigenvalue weighted by molar-refractivity contribution is 0.815. The van der Waals surface area contributed by atoms with Crippen molar-refractivity contribution in [3.8, 4) is 0 Å². The highest BCUT2D eigenvalue weighted by atomic mass is 32.1. The fourth-order valence-electron chi connectivity index (χ4n) is 2.84. The molecule has 3 aromatic rings. The monoisotopic (exact) mass is 268 g/mol. The summed E-state index contributed by atoms with van der Waals surface area (Å²) in [5.74, 6) is 1.20. The summed E-state index contributed by atoms with van der Waals surface area (Å²) in [7, 11) is 0. The van der Waals surface area contributed by atoms with Crippen LogP contribution in [0, 0.1) is 0 Å². The lowest BCUT2D eigenvalue weighted by atomic mass is 9.94. The third-order valence-corrected chi connectivity index (χ3v) is 5.19. The van der Waals surface area contributed by atoms with E-state index < -0.39 is 0 Å². The smallest absolute Gasteiger partial charge is 0.0355 e. The second-order valence-corrected chi connectivity index (χ2v) is 6.97. The molecule has 0 amide bonds. The van der Waals surface area contributed by atoms with Crippen LogP contribution in [0.25, 0.3) is 20.9 Å². The average Bonchev–Trinajstić information content (AvgIpc) is 2.74. The summed E-state index contributed by atoms with van der Waals surface area (Å²) in [5.41, 5.74) is 1.56. The van der Waals surface area contributed by atoms with Crippen LogP contribution in [0.1, 0.15) is 50.0 Å². The minimum atomic E-state index is 0.590. The van der Waals surface area contributed by atoms with Crippen molar-refractivity contribution in [2.75, 3.05) is 0 Å². The quantitative estimate of drug-likeness (QED) is 0.511. The van der Waals surface area contributed by atoms with Gasteiger partial charge in [0, 0.05) is 9.58 Å². The van der Waals surface area contributed by atoms with Crippen LogP contribution >= 0.6 is 11.3 Å². The molecule has 0 radical (unpaired) electrons. The molecule has 0 nitrogen and oxygen atoms in total.